The Labute approximate surface area is 121 Å². The summed E-state index contributed by atoms with van der Waals surface area (Å²) in [6.45, 7) is 0.816. The number of rotatable bonds is 7. The third-order valence-electron chi connectivity index (χ3n) is 4.01. The molecule has 0 spiro atoms. The summed E-state index contributed by atoms with van der Waals surface area (Å²) in [5.74, 6) is 0. The van der Waals surface area contributed by atoms with Crippen molar-refractivity contribution >= 4 is 0 Å². The molecule has 0 fully saturated rings. The first kappa shape index (κ1) is 14.8. The van der Waals surface area contributed by atoms with Crippen molar-refractivity contribution in [3.8, 4) is 0 Å². The first-order valence-electron chi connectivity index (χ1n) is 7.25. The number of benzene rings is 2. The van der Waals surface area contributed by atoms with Gasteiger partial charge in [-0.05, 0) is 30.4 Å². The van der Waals surface area contributed by atoms with Crippen LogP contribution in [0.3, 0.4) is 0 Å². The molecule has 0 aliphatic carbocycles. The van der Waals surface area contributed by atoms with Crippen molar-refractivity contribution in [1.29, 1.82) is 0 Å². The van der Waals surface area contributed by atoms with Crippen molar-refractivity contribution in [3.05, 3.63) is 71.8 Å². The quantitative estimate of drug-likeness (QED) is 0.759. The fraction of sp³-hybridized carbons (Fsp3) is 0.333. The molecule has 2 aromatic rings. The molecule has 2 heteroatoms. The average Bonchev–Trinajstić information content (AvgIpc) is 2.54. The van der Waals surface area contributed by atoms with E-state index >= 15 is 0 Å². The topological polar surface area (TPSA) is 46.2 Å². The highest BCUT2D eigenvalue weighted by molar-refractivity contribution is 5.39. The molecule has 0 aromatic heterocycles. The van der Waals surface area contributed by atoms with E-state index in [0.717, 1.165) is 19.3 Å². The largest absolute Gasteiger partial charge is 0.396 e. The van der Waals surface area contributed by atoms with Gasteiger partial charge in [0.2, 0.25) is 0 Å². The Hall–Kier alpha value is -1.64. The van der Waals surface area contributed by atoms with Crippen LogP contribution in [0.15, 0.2) is 60.7 Å². The minimum Gasteiger partial charge on any atom is -0.396 e. The number of nitrogens with two attached hydrogens (primary N) is 1. The molecule has 20 heavy (non-hydrogen) atoms. The van der Waals surface area contributed by atoms with Crippen molar-refractivity contribution in [2.45, 2.75) is 24.7 Å². The van der Waals surface area contributed by atoms with E-state index in [1.165, 1.54) is 11.1 Å². The molecule has 3 N–H and O–H groups in total. The Kier molecular flexibility index (Phi) is 5.33. The Morgan fingerprint density at radius 3 is 1.70 bits per heavy atom. The highest BCUT2D eigenvalue weighted by atomic mass is 16.2. The minimum atomic E-state index is -0.155. The summed E-state index contributed by atoms with van der Waals surface area (Å²) in [5, 5.41) is 9.05. The predicted molar refractivity (Wildman–Crippen MR) is 83.7 cm³/mol. The van der Waals surface area contributed by atoms with Crippen LogP contribution in [-0.4, -0.2) is 18.3 Å². The molecule has 0 radical (unpaired) electrons. The zero-order valence-electron chi connectivity index (χ0n) is 11.8. The molecular weight excluding hydrogens is 246 g/mol. The van der Waals surface area contributed by atoms with E-state index in [1.807, 2.05) is 12.1 Å². The van der Waals surface area contributed by atoms with Gasteiger partial charge in [-0.25, -0.2) is 0 Å². The zero-order chi connectivity index (χ0) is 14.3. The van der Waals surface area contributed by atoms with Crippen LogP contribution >= 0.6 is 0 Å². The van der Waals surface area contributed by atoms with Crippen LogP contribution in [0.4, 0.5) is 0 Å². The van der Waals surface area contributed by atoms with Gasteiger partial charge < -0.3 is 10.8 Å². The lowest BCUT2D eigenvalue weighted by Crippen LogP contribution is -2.36. The molecule has 0 saturated carbocycles. The van der Waals surface area contributed by atoms with Gasteiger partial charge in [0.25, 0.3) is 0 Å². The van der Waals surface area contributed by atoms with E-state index < -0.39 is 0 Å². The van der Waals surface area contributed by atoms with Gasteiger partial charge in [0.15, 0.2) is 0 Å². The van der Waals surface area contributed by atoms with Gasteiger partial charge in [0.1, 0.15) is 0 Å². The van der Waals surface area contributed by atoms with Crippen LogP contribution < -0.4 is 5.73 Å². The van der Waals surface area contributed by atoms with E-state index in [1.54, 1.807) is 0 Å². The second kappa shape index (κ2) is 7.22. The average molecular weight is 269 g/mol. The molecule has 0 heterocycles. The second-order valence-electron chi connectivity index (χ2n) is 5.20. The number of unbranched alkanes of at least 4 members (excludes halogenated alkanes) is 1. The molecule has 2 rings (SSSR count). The molecule has 106 valence electrons. The van der Waals surface area contributed by atoms with Gasteiger partial charge in [-0.2, -0.15) is 0 Å². The monoisotopic (exact) mass is 269 g/mol. The molecular formula is C18H23NO. The normalized spacial score (nSPS) is 11.5. The predicted octanol–water partition coefficient (Wildman–Crippen LogP) is 3.09. The number of hydrogen-bond donors (Lipinski definition) is 2. The van der Waals surface area contributed by atoms with Gasteiger partial charge >= 0.3 is 0 Å². The first-order valence-corrected chi connectivity index (χ1v) is 7.25. The summed E-state index contributed by atoms with van der Waals surface area (Å²) >= 11 is 0. The van der Waals surface area contributed by atoms with E-state index in [2.05, 4.69) is 48.5 Å². The first-order chi connectivity index (χ1) is 9.83. The molecule has 0 saturated heterocycles. The van der Waals surface area contributed by atoms with Crippen LogP contribution in [0.5, 0.6) is 0 Å². The smallest absolute Gasteiger partial charge is 0.0431 e. The standard InChI is InChI=1S/C18H23NO/c19-15-18(13-7-8-14-20,16-9-3-1-4-10-16)17-11-5-2-6-12-17/h1-6,9-12,20H,7-8,13-15,19H2. The number of hydrogen-bond acceptors (Lipinski definition) is 2. The Bertz CT molecular complexity index is 456. The zero-order valence-corrected chi connectivity index (χ0v) is 11.8. The van der Waals surface area contributed by atoms with Crippen LogP contribution in [0, 0.1) is 0 Å². The van der Waals surface area contributed by atoms with Crippen LogP contribution in [0.25, 0.3) is 0 Å². The van der Waals surface area contributed by atoms with Crippen molar-refractivity contribution < 1.29 is 5.11 Å². The third-order valence-corrected chi connectivity index (χ3v) is 4.01. The van der Waals surface area contributed by atoms with E-state index in [9.17, 15) is 0 Å². The summed E-state index contributed by atoms with van der Waals surface area (Å²) in [6.07, 6.45) is 2.75. The third kappa shape index (κ3) is 3.09. The summed E-state index contributed by atoms with van der Waals surface area (Å²) < 4.78 is 0. The fourth-order valence-electron chi connectivity index (χ4n) is 2.85. The highest BCUT2D eigenvalue weighted by Crippen LogP contribution is 2.36. The molecule has 0 atom stereocenters. The van der Waals surface area contributed by atoms with Crippen LogP contribution in [0.2, 0.25) is 0 Å². The molecule has 0 unspecified atom stereocenters. The fourth-order valence-corrected chi connectivity index (χ4v) is 2.85. The molecule has 0 amide bonds. The number of aliphatic hydroxyl groups is 1. The lowest BCUT2D eigenvalue weighted by atomic mass is 9.71. The maximum atomic E-state index is 9.05. The molecule has 0 bridgehead atoms. The second-order valence-corrected chi connectivity index (χ2v) is 5.20. The SMILES string of the molecule is NCC(CCCCO)(c1ccccc1)c1ccccc1. The molecule has 2 aromatic carbocycles. The summed E-state index contributed by atoms with van der Waals surface area (Å²) in [4.78, 5) is 0. The van der Waals surface area contributed by atoms with Crippen molar-refractivity contribution in [1.82, 2.24) is 0 Å². The maximum Gasteiger partial charge on any atom is 0.0431 e. The lowest BCUT2D eigenvalue weighted by molar-refractivity contribution is 0.277. The minimum absolute atomic E-state index is 0.155. The van der Waals surface area contributed by atoms with Crippen LogP contribution in [0.1, 0.15) is 30.4 Å². The number of aliphatic hydroxyl groups excluding tert-OH is 1. The van der Waals surface area contributed by atoms with Gasteiger partial charge in [-0.3, -0.25) is 0 Å². The summed E-state index contributed by atoms with van der Waals surface area (Å²) in [6, 6.07) is 20.9. The lowest BCUT2D eigenvalue weighted by Gasteiger charge is -2.34. The van der Waals surface area contributed by atoms with Gasteiger partial charge in [0, 0.05) is 18.6 Å². The Morgan fingerprint density at radius 2 is 1.30 bits per heavy atom. The van der Waals surface area contributed by atoms with Crippen molar-refractivity contribution in [2.75, 3.05) is 13.2 Å². The molecule has 0 aliphatic heterocycles. The summed E-state index contributed by atoms with van der Waals surface area (Å²) in [7, 11) is 0. The van der Waals surface area contributed by atoms with Crippen molar-refractivity contribution in [3.63, 3.8) is 0 Å². The van der Waals surface area contributed by atoms with Gasteiger partial charge in [-0.1, -0.05) is 60.7 Å². The summed E-state index contributed by atoms with van der Waals surface area (Å²) in [5.41, 5.74) is 8.55. The van der Waals surface area contributed by atoms with E-state index in [4.69, 9.17) is 10.8 Å². The van der Waals surface area contributed by atoms with Crippen LogP contribution in [-0.2, 0) is 5.41 Å². The maximum absolute atomic E-state index is 9.05. The van der Waals surface area contributed by atoms with Gasteiger partial charge in [0.05, 0.1) is 0 Å². The Balaban J connectivity index is 2.41. The van der Waals surface area contributed by atoms with Gasteiger partial charge in [-0.15, -0.1) is 0 Å². The molecule has 0 aliphatic rings. The molecule has 2 nitrogen and oxygen atoms in total. The highest BCUT2D eigenvalue weighted by Gasteiger charge is 2.31. The van der Waals surface area contributed by atoms with E-state index in [-0.39, 0.29) is 12.0 Å². The Morgan fingerprint density at radius 1 is 0.800 bits per heavy atom. The van der Waals surface area contributed by atoms with Crippen molar-refractivity contribution in [2.24, 2.45) is 5.73 Å². The van der Waals surface area contributed by atoms with E-state index in [0.29, 0.717) is 6.54 Å².